The Labute approximate surface area is 207 Å². The minimum Gasteiger partial charge on any atom is -0.441 e. The molecule has 11 heteroatoms. The van der Waals surface area contributed by atoms with Crippen molar-refractivity contribution in [3.63, 3.8) is 0 Å². The van der Waals surface area contributed by atoms with Gasteiger partial charge < -0.3 is 25.6 Å². The van der Waals surface area contributed by atoms with Gasteiger partial charge in [0, 0.05) is 10.8 Å². The highest BCUT2D eigenvalue weighted by molar-refractivity contribution is 7.92. The molecule has 6 N–H and O–H groups in total. The lowest BCUT2D eigenvalue weighted by molar-refractivity contribution is 0.0356. The van der Waals surface area contributed by atoms with Crippen molar-refractivity contribution in [3.05, 3.63) is 59.2 Å². The van der Waals surface area contributed by atoms with Crippen LogP contribution in [0.1, 0.15) is 48.5 Å². The Morgan fingerprint density at radius 3 is 2.69 bits per heavy atom. The highest BCUT2D eigenvalue weighted by Crippen LogP contribution is 2.59. The monoisotopic (exact) mass is 515 g/mol. The molecule has 2 heterocycles. The largest absolute Gasteiger partial charge is 0.441 e. The topological polar surface area (TPSA) is 161 Å². The van der Waals surface area contributed by atoms with E-state index < -0.39 is 26.8 Å². The minimum absolute atomic E-state index is 0.0122. The average Bonchev–Trinajstić information content (AvgIpc) is 3.16. The van der Waals surface area contributed by atoms with Gasteiger partial charge in [-0.2, -0.15) is 0 Å². The number of hydrogen-bond acceptors (Lipinski definition) is 8. The molecule has 2 saturated carbocycles. The molecule has 3 aliphatic carbocycles. The Kier molecular flexibility index (Phi) is 4.83. The SMILES string of the molecule is N=S(=O)(CC1CC1)c1ccc(C(=O)N[C@@]2(N)C=C[C@]3(C2)C[C@@](N)(c2nc4cc(Cl)ccc4o2)C3)o1. The Morgan fingerprint density at radius 2 is 1.94 bits per heavy atom. The van der Waals surface area contributed by atoms with Gasteiger partial charge in [0.15, 0.2) is 16.4 Å². The normalized spacial score (nSPS) is 31.5. The van der Waals surface area contributed by atoms with Gasteiger partial charge >= 0.3 is 0 Å². The third kappa shape index (κ3) is 4.08. The zero-order valence-electron chi connectivity index (χ0n) is 18.9. The van der Waals surface area contributed by atoms with Gasteiger partial charge in [-0.1, -0.05) is 17.7 Å². The van der Waals surface area contributed by atoms with E-state index in [-0.39, 0.29) is 22.0 Å². The Hall–Kier alpha value is -2.66. The second-order valence-electron chi connectivity index (χ2n) is 10.4. The maximum atomic E-state index is 12.8. The number of nitrogens with zero attached hydrogens (tertiary/aromatic N) is 1. The van der Waals surface area contributed by atoms with Gasteiger partial charge in [-0.05, 0) is 79.8 Å². The number of amides is 1. The number of nitrogens with two attached hydrogens (primary N) is 2. The molecule has 6 rings (SSSR count). The fraction of sp³-hybridized carbons (Fsp3) is 0.417. The van der Waals surface area contributed by atoms with E-state index in [4.69, 9.17) is 36.7 Å². The molecule has 35 heavy (non-hydrogen) atoms. The third-order valence-corrected chi connectivity index (χ3v) is 9.18. The number of carbonyl (C=O) groups is 1. The highest BCUT2D eigenvalue weighted by atomic mass is 35.5. The quantitative estimate of drug-likeness (QED) is 0.286. The highest BCUT2D eigenvalue weighted by Gasteiger charge is 2.59. The Balaban J connectivity index is 1.12. The summed E-state index contributed by atoms with van der Waals surface area (Å²) in [6.45, 7) is 0. The molecular formula is C24H26ClN5O4S. The lowest BCUT2D eigenvalue weighted by Gasteiger charge is -2.51. The third-order valence-electron chi connectivity index (χ3n) is 7.13. The van der Waals surface area contributed by atoms with E-state index >= 15 is 0 Å². The standard InChI is InChI=1S/C24H26ClN5O4S/c25-15-3-4-17-16(9-15)29-21(34-17)23(26)11-22(12-23)7-8-24(27,13-22)30-20(31)18-5-6-19(33-18)35(28,32)10-14-1-2-14/h3-9,14,28H,1-2,10-13,26-27H2,(H,30,31)/t22-,23-,24-,35?/m0/s1. The number of halogens is 1. The summed E-state index contributed by atoms with van der Waals surface area (Å²) in [5.41, 5.74) is 12.3. The number of rotatable bonds is 6. The predicted molar refractivity (Wildman–Crippen MR) is 130 cm³/mol. The molecule has 0 bridgehead atoms. The van der Waals surface area contributed by atoms with Gasteiger partial charge in [0.05, 0.1) is 5.54 Å². The lowest BCUT2D eigenvalue weighted by atomic mass is 9.57. The summed E-state index contributed by atoms with van der Waals surface area (Å²) in [7, 11) is -3.05. The molecule has 1 aromatic carbocycles. The summed E-state index contributed by atoms with van der Waals surface area (Å²) in [5.74, 6) is 0.500. The maximum Gasteiger partial charge on any atom is 0.288 e. The van der Waals surface area contributed by atoms with Crippen LogP contribution in [0.3, 0.4) is 0 Å². The molecule has 0 saturated heterocycles. The van der Waals surface area contributed by atoms with E-state index in [0.29, 0.717) is 47.2 Å². The molecule has 1 spiro atoms. The van der Waals surface area contributed by atoms with E-state index in [2.05, 4.69) is 10.3 Å². The fourth-order valence-electron chi connectivity index (χ4n) is 5.42. The fourth-order valence-corrected chi connectivity index (χ4v) is 7.26. The molecule has 3 aliphatic rings. The summed E-state index contributed by atoms with van der Waals surface area (Å²) in [6, 6.07) is 8.14. The average molecular weight is 516 g/mol. The molecule has 3 aromatic rings. The second kappa shape index (κ2) is 7.42. The van der Waals surface area contributed by atoms with Crippen LogP contribution in [-0.4, -0.2) is 26.5 Å². The summed E-state index contributed by atoms with van der Waals surface area (Å²) in [5, 5.41) is 3.43. The summed E-state index contributed by atoms with van der Waals surface area (Å²) in [4.78, 5) is 17.4. The number of carbonyl (C=O) groups excluding carboxylic acids is 1. The van der Waals surface area contributed by atoms with Crippen molar-refractivity contribution in [1.29, 1.82) is 4.78 Å². The van der Waals surface area contributed by atoms with Gasteiger partial charge in [0.1, 0.15) is 20.9 Å². The van der Waals surface area contributed by atoms with Crippen molar-refractivity contribution in [2.75, 3.05) is 5.75 Å². The van der Waals surface area contributed by atoms with Crippen LogP contribution in [0.2, 0.25) is 5.02 Å². The van der Waals surface area contributed by atoms with E-state index in [9.17, 15) is 9.00 Å². The van der Waals surface area contributed by atoms with Crippen molar-refractivity contribution in [2.45, 2.75) is 48.4 Å². The summed E-state index contributed by atoms with van der Waals surface area (Å²) in [6.07, 6.45) is 7.34. The minimum atomic E-state index is -3.05. The number of oxazole rings is 1. The van der Waals surface area contributed by atoms with Gasteiger partial charge in [-0.3, -0.25) is 4.79 Å². The van der Waals surface area contributed by atoms with Crippen LogP contribution < -0.4 is 16.8 Å². The number of fused-ring (bicyclic) bond motifs is 1. The van der Waals surface area contributed by atoms with Crippen LogP contribution in [0.4, 0.5) is 0 Å². The first-order chi connectivity index (χ1) is 16.5. The second-order valence-corrected chi connectivity index (χ2v) is 12.9. The van der Waals surface area contributed by atoms with Crippen molar-refractivity contribution in [2.24, 2.45) is 22.8 Å². The molecule has 9 nitrogen and oxygen atoms in total. The molecule has 2 atom stereocenters. The number of aromatic nitrogens is 1. The first-order valence-electron chi connectivity index (χ1n) is 11.5. The van der Waals surface area contributed by atoms with Crippen LogP contribution in [0.25, 0.3) is 11.1 Å². The molecule has 0 radical (unpaired) electrons. The Bertz CT molecular complexity index is 1480. The smallest absolute Gasteiger partial charge is 0.288 e. The van der Waals surface area contributed by atoms with Crippen LogP contribution in [0.5, 0.6) is 0 Å². The van der Waals surface area contributed by atoms with Gasteiger partial charge in [-0.15, -0.1) is 0 Å². The molecule has 1 amide bonds. The van der Waals surface area contributed by atoms with Crippen molar-refractivity contribution in [1.82, 2.24) is 10.3 Å². The first kappa shape index (κ1) is 22.8. The number of nitrogens with one attached hydrogen (secondary N) is 2. The van der Waals surface area contributed by atoms with Crippen LogP contribution in [-0.2, 0) is 15.3 Å². The van der Waals surface area contributed by atoms with Crippen molar-refractivity contribution >= 4 is 38.3 Å². The molecule has 1 unspecified atom stereocenters. The zero-order valence-corrected chi connectivity index (χ0v) is 20.5. The Morgan fingerprint density at radius 1 is 1.17 bits per heavy atom. The van der Waals surface area contributed by atoms with E-state index in [1.807, 2.05) is 6.08 Å². The number of hydrogen-bond donors (Lipinski definition) is 4. The first-order valence-corrected chi connectivity index (χ1v) is 13.6. The van der Waals surface area contributed by atoms with Crippen molar-refractivity contribution in [3.8, 4) is 0 Å². The molecule has 2 aromatic heterocycles. The molecule has 184 valence electrons. The van der Waals surface area contributed by atoms with E-state index in [0.717, 1.165) is 12.8 Å². The summed E-state index contributed by atoms with van der Waals surface area (Å²) >= 11 is 6.05. The summed E-state index contributed by atoms with van der Waals surface area (Å²) < 4.78 is 32.2. The predicted octanol–water partition coefficient (Wildman–Crippen LogP) is 3.87. The van der Waals surface area contributed by atoms with Crippen LogP contribution in [0, 0.1) is 16.1 Å². The van der Waals surface area contributed by atoms with Crippen molar-refractivity contribution < 1.29 is 17.8 Å². The number of allylic oxidation sites excluding steroid dienone is 1. The van der Waals surface area contributed by atoms with E-state index in [1.54, 1.807) is 24.3 Å². The van der Waals surface area contributed by atoms with Gasteiger partial charge in [-0.25, -0.2) is 14.0 Å². The molecular weight excluding hydrogens is 490 g/mol. The maximum absolute atomic E-state index is 12.8. The number of benzene rings is 1. The van der Waals surface area contributed by atoms with Crippen LogP contribution in [0.15, 0.2) is 56.4 Å². The number of furan rings is 1. The lowest BCUT2D eigenvalue weighted by Crippen LogP contribution is -2.59. The molecule has 2 fully saturated rings. The van der Waals surface area contributed by atoms with Gasteiger partial charge in [0.25, 0.3) is 5.91 Å². The van der Waals surface area contributed by atoms with Gasteiger partial charge in [0.2, 0.25) is 5.89 Å². The van der Waals surface area contributed by atoms with Crippen LogP contribution >= 0.6 is 11.6 Å². The zero-order chi connectivity index (χ0) is 24.6. The van der Waals surface area contributed by atoms with E-state index in [1.165, 1.54) is 12.1 Å². The molecule has 0 aliphatic heterocycles.